The number of para-hydroxylation sites is 1. The zero-order chi connectivity index (χ0) is 21.0. The van der Waals surface area contributed by atoms with E-state index in [4.69, 9.17) is 33.7 Å². The average molecular weight is 430 g/mol. The van der Waals surface area contributed by atoms with Crippen molar-refractivity contribution in [2.75, 3.05) is 5.32 Å². The Morgan fingerprint density at radius 2 is 1.62 bits per heavy atom. The summed E-state index contributed by atoms with van der Waals surface area (Å²) in [5.74, 6) is -1.60. The second-order valence-corrected chi connectivity index (χ2v) is 6.79. The molecule has 29 heavy (non-hydrogen) atoms. The summed E-state index contributed by atoms with van der Waals surface area (Å²) >= 11 is 12.7. The van der Waals surface area contributed by atoms with Crippen molar-refractivity contribution in [2.45, 2.75) is 6.61 Å². The van der Waals surface area contributed by atoms with E-state index < -0.39 is 11.9 Å². The molecule has 0 aliphatic carbocycles. The number of halogens is 2. The number of nitrogens with one attached hydrogen (secondary N) is 1. The number of carbonyl (C=O) groups excluding carboxylic acids is 2. The fraction of sp³-hybridized carbons (Fsp3) is 0.0476. The first-order valence-electron chi connectivity index (χ1n) is 8.44. The number of carboxylic acid groups (broad SMARTS) is 1. The molecule has 8 heteroatoms. The first-order valence-corrected chi connectivity index (χ1v) is 9.20. The zero-order valence-corrected chi connectivity index (χ0v) is 16.5. The highest BCUT2D eigenvalue weighted by Gasteiger charge is 2.15. The Bertz CT molecular complexity index is 1090. The van der Waals surface area contributed by atoms with Crippen LogP contribution in [0.15, 0.2) is 60.7 Å². The molecule has 3 N–H and O–H groups in total. The molecule has 0 bridgehead atoms. The van der Waals surface area contributed by atoms with Crippen molar-refractivity contribution in [1.82, 2.24) is 0 Å². The van der Waals surface area contributed by atoms with Crippen LogP contribution in [0.25, 0.3) is 0 Å². The molecule has 148 valence electrons. The third-order valence-corrected chi connectivity index (χ3v) is 4.82. The van der Waals surface area contributed by atoms with Crippen molar-refractivity contribution >= 4 is 46.5 Å². The SMILES string of the molecule is NC(=O)c1ccccc1COc1ccc(Cl)c(Nc2ccccc2C(=O)[O-])c1Cl. The third kappa shape index (κ3) is 4.62. The fourth-order valence-electron chi connectivity index (χ4n) is 2.71. The van der Waals surface area contributed by atoms with Gasteiger partial charge in [-0.25, -0.2) is 0 Å². The fourth-order valence-corrected chi connectivity index (χ4v) is 3.23. The van der Waals surface area contributed by atoms with Gasteiger partial charge >= 0.3 is 0 Å². The number of anilines is 2. The number of amides is 1. The largest absolute Gasteiger partial charge is 0.545 e. The van der Waals surface area contributed by atoms with Crippen LogP contribution in [0.4, 0.5) is 11.4 Å². The topological polar surface area (TPSA) is 104 Å². The van der Waals surface area contributed by atoms with Crippen LogP contribution in [0, 0.1) is 0 Å². The number of hydrogen-bond donors (Lipinski definition) is 2. The number of carboxylic acids is 1. The van der Waals surface area contributed by atoms with E-state index in [0.717, 1.165) is 0 Å². The van der Waals surface area contributed by atoms with Gasteiger partial charge in [-0.05, 0) is 24.3 Å². The number of benzene rings is 3. The van der Waals surface area contributed by atoms with Crippen LogP contribution < -0.4 is 20.9 Å². The molecule has 3 aromatic rings. The van der Waals surface area contributed by atoms with E-state index in [9.17, 15) is 14.7 Å². The maximum Gasteiger partial charge on any atom is 0.249 e. The van der Waals surface area contributed by atoms with Gasteiger partial charge in [-0.3, -0.25) is 4.79 Å². The van der Waals surface area contributed by atoms with Crippen LogP contribution in [0.3, 0.4) is 0 Å². The molecule has 0 saturated carbocycles. The maximum atomic E-state index is 11.5. The molecule has 1 amide bonds. The van der Waals surface area contributed by atoms with Crippen LogP contribution in [0.1, 0.15) is 26.3 Å². The zero-order valence-electron chi connectivity index (χ0n) is 14.9. The lowest BCUT2D eigenvalue weighted by atomic mass is 10.1. The number of carbonyl (C=O) groups is 2. The summed E-state index contributed by atoms with van der Waals surface area (Å²) in [6, 6.07) is 16.1. The Kier molecular flexibility index (Phi) is 6.26. The predicted molar refractivity (Wildman–Crippen MR) is 110 cm³/mol. The highest BCUT2D eigenvalue weighted by atomic mass is 35.5. The standard InChI is InChI=1S/C21H16Cl2N2O4/c22-15-9-10-17(29-11-12-5-1-2-6-13(12)20(24)26)18(23)19(15)25-16-8-4-3-7-14(16)21(27)28/h1-10,25H,11H2,(H2,24,26)(H,27,28)/p-1. The van der Waals surface area contributed by atoms with Crippen LogP contribution in [0.5, 0.6) is 5.75 Å². The third-order valence-electron chi connectivity index (χ3n) is 4.13. The minimum Gasteiger partial charge on any atom is -0.545 e. The Labute approximate surface area is 176 Å². The molecule has 0 aliphatic heterocycles. The lowest BCUT2D eigenvalue weighted by molar-refractivity contribution is -0.254. The molecule has 3 rings (SSSR count). The van der Waals surface area contributed by atoms with Crippen molar-refractivity contribution < 1.29 is 19.4 Å². The van der Waals surface area contributed by atoms with Crippen molar-refractivity contribution in [1.29, 1.82) is 0 Å². The van der Waals surface area contributed by atoms with Gasteiger partial charge in [0.25, 0.3) is 0 Å². The number of ether oxygens (including phenoxy) is 1. The molecule has 0 saturated heterocycles. The molecule has 0 heterocycles. The van der Waals surface area contributed by atoms with Gasteiger partial charge in [-0.2, -0.15) is 0 Å². The van der Waals surface area contributed by atoms with Crippen molar-refractivity contribution in [3.8, 4) is 5.75 Å². The van der Waals surface area contributed by atoms with Gasteiger partial charge in [0.1, 0.15) is 17.4 Å². The summed E-state index contributed by atoms with van der Waals surface area (Å²) in [7, 11) is 0. The van der Waals surface area contributed by atoms with E-state index in [1.807, 2.05) is 0 Å². The van der Waals surface area contributed by atoms with Gasteiger partial charge in [0, 0.05) is 22.4 Å². The van der Waals surface area contributed by atoms with E-state index in [1.54, 1.807) is 54.6 Å². The van der Waals surface area contributed by atoms with Gasteiger partial charge in [-0.1, -0.05) is 59.6 Å². The summed E-state index contributed by atoms with van der Waals surface area (Å²) in [4.78, 5) is 22.9. The molecule has 0 aliphatic rings. The van der Waals surface area contributed by atoms with Gasteiger partial charge in [0.05, 0.1) is 16.7 Å². The molecule has 0 atom stereocenters. The molecular formula is C21H15Cl2N2O4-. The Morgan fingerprint density at radius 3 is 2.31 bits per heavy atom. The van der Waals surface area contributed by atoms with E-state index in [1.165, 1.54) is 6.07 Å². The number of hydrogen-bond acceptors (Lipinski definition) is 5. The highest BCUT2D eigenvalue weighted by molar-refractivity contribution is 6.40. The summed E-state index contributed by atoms with van der Waals surface area (Å²) in [6.07, 6.45) is 0. The number of nitrogens with two attached hydrogens (primary N) is 1. The van der Waals surface area contributed by atoms with Crippen LogP contribution in [-0.4, -0.2) is 11.9 Å². The van der Waals surface area contributed by atoms with E-state index in [2.05, 4.69) is 5.32 Å². The molecule has 0 radical (unpaired) electrons. The normalized spacial score (nSPS) is 10.4. The second kappa shape index (κ2) is 8.86. The summed E-state index contributed by atoms with van der Waals surface area (Å²) in [6.45, 7) is 0.0511. The molecule has 0 fully saturated rings. The molecule has 3 aromatic carbocycles. The summed E-state index contributed by atoms with van der Waals surface area (Å²) in [5.41, 5.74) is 6.84. The molecule has 0 unspecified atom stereocenters. The Morgan fingerprint density at radius 1 is 0.966 bits per heavy atom. The maximum absolute atomic E-state index is 11.5. The quantitative estimate of drug-likeness (QED) is 0.594. The van der Waals surface area contributed by atoms with Gasteiger partial charge in [-0.15, -0.1) is 0 Å². The first kappa shape index (κ1) is 20.5. The minimum absolute atomic E-state index is 0.0404. The number of rotatable bonds is 7. The summed E-state index contributed by atoms with van der Waals surface area (Å²) in [5, 5.41) is 14.7. The van der Waals surface area contributed by atoms with Crippen LogP contribution >= 0.6 is 23.2 Å². The predicted octanol–water partition coefficient (Wildman–Crippen LogP) is 3.78. The number of primary amides is 1. The van der Waals surface area contributed by atoms with E-state index in [-0.39, 0.29) is 33.6 Å². The lowest BCUT2D eigenvalue weighted by Crippen LogP contribution is -2.23. The second-order valence-electron chi connectivity index (χ2n) is 6.00. The average Bonchev–Trinajstić information content (AvgIpc) is 2.71. The van der Waals surface area contributed by atoms with Gasteiger partial charge in [0.2, 0.25) is 5.91 Å². The first-order chi connectivity index (χ1) is 13.9. The molecule has 0 spiro atoms. The van der Waals surface area contributed by atoms with Crippen LogP contribution in [-0.2, 0) is 6.61 Å². The molecular weight excluding hydrogens is 415 g/mol. The van der Waals surface area contributed by atoms with Crippen molar-refractivity contribution in [3.63, 3.8) is 0 Å². The Hall–Kier alpha value is -3.22. The summed E-state index contributed by atoms with van der Waals surface area (Å²) < 4.78 is 5.76. The highest BCUT2D eigenvalue weighted by Crippen LogP contribution is 2.40. The molecule has 0 aromatic heterocycles. The molecule has 6 nitrogen and oxygen atoms in total. The van der Waals surface area contributed by atoms with E-state index >= 15 is 0 Å². The van der Waals surface area contributed by atoms with Crippen LogP contribution in [0.2, 0.25) is 10.0 Å². The van der Waals surface area contributed by atoms with Gasteiger partial charge in [0.15, 0.2) is 0 Å². The van der Waals surface area contributed by atoms with Gasteiger partial charge < -0.3 is 25.7 Å². The van der Waals surface area contributed by atoms with E-state index in [0.29, 0.717) is 16.9 Å². The lowest BCUT2D eigenvalue weighted by Gasteiger charge is -2.17. The monoisotopic (exact) mass is 429 g/mol. The smallest absolute Gasteiger partial charge is 0.249 e. The Balaban J connectivity index is 1.89. The number of aromatic carboxylic acids is 1. The minimum atomic E-state index is -1.34. The van der Waals surface area contributed by atoms with Crippen molar-refractivity contribution in [3.05, 3.63) is 87.4 Å². The van der Waals surface area contributed by atoms with Crippen molar-refractivity contribution in [2.24, 2.45) is 5.73 Å².